The number of esters is 1. The van der Waals surface area contributed by atoms with Crippen molar-refractivity contribution in [2.45, 2.75) is 64.5 Å². The molecule has 0 saturated carbocycles. The number of cyclic esters (lactones) is 1. The number of benzene rings is 2. The van der Waals surface area contributed by atoms with Crippen LogP contribution in [0.5, 0.6) is 0 Å². The second kappa shape index (κ2) is 10.3. The Morgan fingerprint density at radius 1 is 1.20 bits per heavy atom. The topological polar surface area (TPSA) is 111 Å². The van der Waals surface area contributed by atoms with Crippen molar-refractivity contribution in [1.29, 1.82) is 0 Å². The molecule has 0 saturated heterocycles. The average Bonchev–Trinajstić information content (AvgIpc) is 3.40. The van der Waals surface area contributed by atoms with Gasteiger partial charge in [-0.1, -0.05) is 37.3 Å². The van der Waals surface area contributed by atoms with Crippen LogP contribution in [0.2, 0.25) is 0 Å². The third-order valence-electron chi connectivity index (χ3n) is 9.55. The predicted octanol–water partition coefficient (Wildman–Crippen LogP) is 4.19. The zero-order valence-electron chi connectivity index (χ0n) is 24.8. The van der Waals surface area contributed by atoms with Crippen LogP contribution < -0.4 is 5.56 Å². The zero-order valence-corrected chi connectivity index (χ0v) is 24.8. The molecule has 0 spiro atoms. The number of ether oxygens (including phenoxy) is 2. The largest absolute Gasteiger partial charge is 0.458 e. The Labute approximate surface area is 252 Å². The number of carbonyl (C=O) groups is 2. The number of aromatic nitrogens is 2. The quantitative estimate of drug-likeness (QED) is 0.292. The van der Waals surface area contributed by atoms with Crippen molar-refractivity contribution >= 4 is 22.8 Å². The number of rotatable bonds is 6. The highest BCUT2D eigenvalue weighted by Gasteiger charge is 2.46. The molecule has 0 radical (unpaired) electrons. The number of hydrogen-bond acceptors (Lipinski definition) is 7. The van der Waals surface area contributed by atoms with Crippen molar-refractivity contribution in [3.63, 3.8) is 0 Å². The lowest BCUT2D eigenvalue weighted by Crippen LogP contribution is -2.44. The molecule has 1 aliphatic carbocycles. The van der Waals surface area contributed by atoms with E-state index < -0.39 is 11.6 Å². The summed E-state index contributed by atoms with van der Waals surface area (Å²) in [7, 11) is 1.75. The van der Waals surface area contributed by atoms with Crippen LogP contribution in [0, 0.1) is 12.7 Å². The summed E-state index contributed by atoms with van der Waals surface area (Å²) in [6.07, 6.45) is 1.15. The normalized spacial score (nSPS) is 19.8. The summed E-state index contributed by atoms with van der Waals surface area (Å²) < 4.78 is 27.7. The van der Waals surface area contributed by atoms with Gasteiger partial charge in [-0.2, -0.15) is 0 Å². The van der Waals surface area contributed by atoms with E-state index in [9.17, 15) is 19.5 Å². The fourth-order valence-electron chi connectivity index (χ4n) is 7.02. The Morgan fingerprint density at radius 3 is 2.73 bits per heavy atom. The summed E-state index contributed by atoms with van der Waals surface area (Å²) >= 11 is 0. The Bertz CT molecular complexity index is 1940. The Kier molecular flexibility index (Phi) is 6.67. The Morgan fingerprint density at radius 2 is 1.98 bits per heavy atom. The van der Waals surface area contributed by atoms with Crippen LogP contribution in [0.25, 0.3) is 22.3 Å². The molecule has 3 aliphatic rings. The molecule has 2 aromatic carbocycles. The average molecular weight is 598 g/mol. The molecule has 1 N–H and O–H groups in total. The maximum atomic E-state index is 15.2. The van der Waals surface area contributed by atoms with E-state index in [4.69, 9.17) is 14.5 Å². The van der Waals surface area contributed by atoms with E-state index in [0.29, 0.717) is 41.9 Å². The number of amides is 1. The van der Waals surface area contributed by atoms with Gasteiger partial charge in [-0.05, 0) is 54.5 Å². The first kappa shape index (κ1) is 28.4. The standard InChI is InChI=1S/C34H32FN3O6/c1-4-34(42)23-12-27-31-21(14-38(27)32(40)22(23)16-44-33(34)41)30-26(11-10-20-18(2)24(35)13-25(36-31)29(20)30)37(3)28(39)17-43-15-19-8-6-5-7-9-19/h5-9,12-13,26,42H,4,10-11,14-17H2,1-3H3/t26-,34-/m0/s1. The van der Waals surface area contributed by atoms with Crippen LogP contribution in [-0.4, -0.2) is 45.1 Å². The lowest BCUT2D eigenvalue weighted by molar-refractivity contribution is -0.172. The van der Waals surface area contributed by atoms with Gasteiger partial charge in [0.15, 0.2) is 5.60 Å². The van der Waals surface area contributed by atoms with Gasteiger partial charge in [-0.3, -0.25) is 9.59 Å². The summed E-state index contributed by atoms with van der Waals surface area (Å²) in [5.74, 6) is -1.36. The third kappa shape index (κ3) is 4.11. The van der Waals surface area contributed by atoms with E-state index >= 15 is 4.39 Å². The van der Waals surface area contributed by atoms with Crippen molar-refractivity contribution in [1.82, 2.24) is 14.5 Å². The highest BCUT2D eigenvalue weighted by molar-refractivity contribution is 5.94. The zero-order chi connectivity index (χ0) is 30.9. The molecule has 2 atom stereocenters. The molecule has 9 nitrogen and oxygen atoms in total. The van der Waals surface area contributed by atoms with Gasteiger partial charge in [-0.15, -0.1) is 0 Å². The van der Waals surface area contributed by atoms with Gasteiger partial charge in [0.25, 0.3) is 5.56 Å². The highest BCUT2D eigenvalue weighted by atomic mass is 19.1. The highest BCUT2D eigenvalue weighted by Crippen LogP contribution is 2.47. The third-order valence-corrected chi connectivity index (χ3v) is 9.55. The van der Waals surface area contributed by atoms with Crippen LogP contribution in [-0.2, 0) is 50.8 Å². The molecule has 10 heteroatoms. The molecule has 4 aromatic rings. The van der Waals surface area contributed by atoms with Crippen molar-refractivity contribution in [2.24, 2.45) is 0 Å². The second-order valence-electron chi connectivity index (χ2n) is 11.8. The summed E-state index contributed by atoms with van der Waals surface area (Å²) in [5, 5.41) is 12.1. The first-order chi connectivity index (χ1) is 21.1. The summed E-state index contributed by atoms with van der Waals surface area (Å²) in [4.78, 5) is 46.5. The van der Waals surface area contributed by atoms with Gasteiger partial charge in [0.05, 0.1) is 41.7 Å². The van der Waals surface area contributed by atoms with Crippen molar-refractivity contribution < 1.29 is 28.6 Å². The molecule has 226 valence electrons. The van der Waals surface area contributed by atoms with E-state index in [1.165, 1.54) is 6.07 Å². The molecule has 0 fully saturated rings. The van der Waals surface area contributed by atoms with E-state index in [-0.39, 0.29) is 60.6 Å². The molecular weight excluding hydrogens is 565 g/mol. The van der Waals surface area contributed by atoms with E-state index in [2.05, 4.69) is 0 Å². The molecular formula is C34H32FN3O6. The van der Waals surface area contributed by atoms with Gasteiger partial charge >= 0.3 is 5.97 Å². The molecule has 0 bridgehead atoms. The van der Waals surface area contributed by atoms with Gasteiger partial charge in [-0.25, -0.2) is 14.2 Å². The number of likely N-dealkylation sites (N-methyl/N-ethyl adjacent to an activating group) is 1. The Hall–Kier alpha value is -4.41. The van der Waals surface area contributed by atoms with Crippen LogP contribution in [0.3, 0.4) is 0 Å². The number of hydrogen-bond donors (Lipinski definition) is 1. The van der Waals surface area contributed by atoms with Crippen LogP contribution in [0.4, 0.5) is 4.39 Å². The summed E-state index contributed by atoms with van der Waals surface area (Å²) in [5.41, 5.74) is 3.44. The number of nitrogens with zero attached hydrogens (tertiary/aromatic N) is 3. The maximum absolute atomic E-state index is 15.2. The second-order valence-corrected chi connectivity index (χ2v) is 11.8. The first-order valence-corrected chi connectivity index (χ1v) is 14.8. The number of aryl methyl sites for hydroxylation is 1. The number of fused-ring (bicyclic) bond motifs is 5. The number of halogens is 1. The predicted molar refractivity (Wildman–Crippen MR) is 159 cm³/mol. The lowest BCUT2D eigenvalue weighted by atomic mass is 9.81. The van der Waals surface area contributed by atoms with Crippen molar-refractivity contribution in [2.75, 3.05) is 13.7 Å². The summed E-state index contributed by atoms with van der Waals surface area (Å²) in [6, 6.07) is 12.3. The van der Waals surface area contributed by atoms with Gasteiger partial charge in [0.1, 0.15) is 19.0 Å². The molecule has 7 rings (SSSR count). The van der Waals surface area contributed by atoms with E-state index in [0.717, 1.165) is 27.6 Å². The number of aliphatic hydroxyl groups is 1. The Balaban J connectivity index is 1.35. The van der Waals surface area contributed by atoms with Gasteiger partial charge in [0.2, 0.25) is 5.91 Å². The van der Waals surface area contributed by atoms with Crippen LogP contribution in [0.15, 0.2) is 47.3 Å². The number of pyridine rings is 2. The maximum Gasteiger partial charge on any atom is 0.343 e. The van der Waals surface area contributed by atoms with Gasteiger partial charge < -0.3 is 24.0 Å². The smallest absolute Gasteiger partial charge is 0.343 e. The lowest BCUT2D eigenvalue weighted by Gasteiger charge is -2.35. The van der Waals surface area contributed by atoms with Crippen LogP contribution >= 0.6 is 0 Å². The number of carbonyl (C=O) groups excluding carboxylic acids is 2. The molecule has 4 heterocycles. The molecule has 44 heavy (non-hydrogen) atoms. The monoisotopic (exact) mass is 597 g/mol. The minimum atomic E-state index is -1.96. The first-order valence-electron chi connectivity index (χ1n) is 14.8. The van der Waals surface area contributed by atoms with Crippen LogP contribution in [0.1, 0.15) is 64.8 Å². The SMILES string of the molecule is CC[C@@]1(O)C(=O)OCc2c1cc1n(c2=O)Cc2c-1nc1cc(F)c(C)c3c1c2[C@@H](N(C)C(=O)COCc1ccccc1)CC3. The molecule has 2 aliphatic heterocycles. The minimum Gasteiger partial charge on any atom is -0.458 e. The van der Waals surface area contributed by atoms with Gasteiger partial charge in [0, 0.05) is 29.6 Å². The molecule has 0 unspecified atom stereocenters. The molecule has 2 aromatic heterocycles. The van der Waals surface area contributed by atoms with Crippen molar-refractivity contribution in [3.05, 3.63) is 97.6 Å². The van der Waals surface area contributed by atoms with E-state index in [1.807, 2.05) is 30.3 Å². The minimum absolute atomic E-state index is 0.0279. The summed E-state index contributed by atoms with van der Waals surface area (Å²) in [6.45, 7) is 3.56. The molecule has 1 amide bonds. The van der Waals surface area contributed by atoms with E-state index in [1.54, 1.807) is 36.4 Å². The van der Waals surface area contributed by atoms with Crippen molar-refractivity contribution in [3.8, 4) is 11.4 Å². The fourth-order valence-corrected chi connectivity index (χ4v) is 7.02. The fraction of sp³-hybridized carbons (Fsp3) is 0.353.